The van der Waals surface area contributed by atoms with Crippen LogP contribution < -0.4 is 9.64 Å². The number of piperidine rings is 2. The highest BCUT2D eigenvalue weighted by Crippen LogP contribution is 2.40. The van der Waals surface area contributed by atoms with Crippen molar-refractivity contribution in [1.82, 2.24) is 19.7 Å². The van der Waals surface area contributed by atoms with Gasteiger partial charge in [0.25, 0.3) is 0 Å². The number of thiol groups is 1. The molecule has 0 bridgehead atoms. The first-order valence-corrected chi connectivity index (χ1v) is 20.5. The molecule has 12 heteroatoms. The van der Waals surface area contributed by atoms with Crippen molar-refractivity contribution in [1.29, 1.82) is 0 Å². The monoisotopic (exact) mass is 743 g/mol. The molecular formula is C39H55F2N5O3S2. The van der Waals surface area contributed by atoms with Crippen LogP contribution in [0.25, 0.3) is 10.9 Å². The van der Waals surface area contributed by atoms with Gasteiger partial charge in [0, 0.05) is 74.1 Å². The number of aromatic nitrogens is 1. The Morgan fingerprint density at radius 2 is 1.43 bits per heavy atom. The third kappa shape index (κ3) is 8.67. The normalized spacial score (nSPS) is 20.0. The number of ether oxygens (including phenoxy) is 1. The molecule has 3 aromatic rings. The van der Waals surface area contributed by atoms with Gasteiger partial charge in [-0.05, 0) is 90.4 Å². The van der Waals surface area contributed by atoms with Gasteiger partial charge >= 0.3 is 0 Å². The molecule has 0 aliphatic carbocycles. The van der Waals surface area contributed by atoms with Crippen LogP contribution in [0.5, 0.6) is 5.75 Å². The average molecular weight is 744 g/mol. The molecular weight excluding hydrogens is 689 g/mol. The van der Waals surface area contributed by atoms with Gasteiger partial charge in [-0.25, -0.2) is 17.2 Å². The predicted octanol–water partition coefficient (Wildman–Crippen LogP) is 6.98. The first-order chi connectivity index (χ1) is 24.0. The third-order valence-electron chi connectivity index (χ3n) is 10.9. The van der Waals surface area contributed by atoms with Crippen molar-refractivity contribution in [3.05, 3.63) is 53.7 Å². The van der Waals surface area contributed by atoms with Crippen LogP contribution >= 0.6 is 12.6 Å². The van der Waals surface area contributed by atoms with Gasteiger partial charge in [0.05, 0.1) is 16.1 Å². The van der Waals surface area contributed by atoms with Crippen LogP contribution in [0.3, 0.4) is 0 Å². The van der Waals surface area contributed by atoms with E-state index < -0.39 is 42.5 Å². The molecule has 0 saturated carbocycles. The molecule has 280 valence electrons. The number of likely N-dealkylation sites (N-methyl/N-ethyl adjacent to an activating group) is 1. The van der Waals surface area contributed by atoms with E-state index in [4.69, 9.17) is 4.74 Å². The van der Waals surface area contributed by atoms with Gasteiger partial charge < -0.3 is 19.4 Å². The smallest absolute Gasteiger partial charge is 0.210 e. The highest BCUT2D eigenvalue weighted by atomic mass is 32.2. The van der Waals surface area contributed by atoms with Crippen molar-refractivity contribution in [2.75, 3.05) is 63.8 Å². The maximum absolute atomic E-state index is 15.6. The summed E-state index contributed by atoms with van der Waals surface area (Å²) in [5, 5.41) is 0.718. The zero-order valence-electron chi connectivity index (χ0n) is 31.1. The Morgan fingerprint density at radius 3 is 2.00 bits per heavy atom. The molecule has 3 fully saturated rings. The Kier molecular flexibility index (Phi) is 11.3. The van der Waals surface area contributed by atoms with Crippen LogP contribution in [0, 0.1) is 18.6 Å². The average Bonchev–Trinajstić information content (AvgIpc) is 3.08. The van der Waals surface area contributed by atoms with Crippen molar-refractivity contribution in [3.8, 4) is 5.75 Å². The number of hydrogen-bond donors (Lipinski definition) is 1. The molecule has 51 heavy (non-hydrogen) atoms. The molecule has 3 aliphatic heterocycles. The first-order valence-electron chi connectivity index (χ1n) is 18.5. The van der Waals surface area contributed by atoms with Crippen LogP contribution in [0.2, 0.25) is 0 Å². The number of halogens is 2. The highest BCUT2D eigenvalue weighted by molar-refractivity contribution is 7.91. The second kappa shape index (κ2) is 15.1. The molecule has 0 radical (unpaired) electrons. The van der Waals surface area contributed by atoms with Crippen molar-refractivity contribution in [2.45, 2.75) is 106 Å². The highest BCUT2D eigenvalue weighted by Gasteiger charge is 2.35. The SMILES string of the molecule is CCN1CCN(C2CCN(C3CCN(c4c(S(=O)(=O)c5cc(F)c(OC(C)(C)CC(C)(C)S)c(F)c5)cnc5ccc(C)cc45)CC3)CC2)CC1. The Balaban J connectivity index is 1.22. The van der Waals surface area contributed by atoms with Gasteiger partial charge in [-0.15, -0.1) is 0 Å². The van der Waals surface area contributed by atoms with E-state index in [0.29, 0.717) is 42.8 Å². The zero-order valence-corrected chi connectivity index (χ0v) is 32.8. The fourth-order valence-corrected chi connectivity index (χ4v) is 10.4. The number of likely N-dealkylation sites (tertiary alicyclic amines) is 1. The van der Waals surface area contributed by atoms with E-state index in [-0.39, 0.29) is 4.90 Å². The number of aryl methyl sites for hydroxylation is 1. The molecule has 1 aromatic heterocycles. The zero-order chi connectivity index (χ0) is 36.7. The molecule has 3 saturated heterocycles. The number of nitrogens with zero attached hydrogens (tertiary/aromatic N) is 5. The molecule has 2 aromatic carbocycles. The predicted molar refractivity (Wildman–Crippen MR) is 204 cm³/mol. The molecule has 8 nitrogen and oxygen atoms in total. The van der Waals surface area contributed by atoms with Crippen LogP contribution in [0.4, 0.5) is 14.5 Å². The van der Waals surface area contributed by atoms with E-state index in [1.54, 1.807) is 13.8 Å². The van der Waals surface area contributed by atoms with Crippen LogP contribution in [-0.2, 0) is 9.84 Å². The minimum absolute atomic E-state index is 0.0485. The molecule has 3 aliphatic rings. The summed E-state index contributed by atoms with van der Waals surface area (Å²) in [5.41, 5.74) is 1.24. The maximum Gasteiger partial charge on any atom is 0.210 e. The summed E-state index contributed by atoms with van der Waals surface area (Å²) in [4.78, 5) is 14.0. The van der Waals surface area contributed by atoms with Crippen molar-refractivity contribution in [2.24, 2.45) is 0 Å². The van der Waals surface area contributed by atoms with Crippen molar-refractivity contribution < 1.29 is 21.9 Å². The number of anilines is 1. The van der Waals surface area contributed by atoms with E-state index in [2.05, 4.69) is 44.1 Å². The van der Waals surface area contributed by atoms with E-state index in [1.807, 2.05) is 39.0 Å². The number of piperazine rings is 1. The molecule has 0 N–H and O–H groups in total. The standard InChI is InChI=1S/C39H55F2N5O3S2/c1-7-43-18-20-45(21-19-43)29-10-14-44(15-11-29)28-12-16-46(17-13-28)36-31-22-27(2)8-9-34(31)42-25-35(36)51(47,48)30-23-32(40)37(33(41)24-30)49-38(3,4)26-39(5,6)50/h8-9,22-25,28-29,50H,7,10-21,26H2,1-6H3. The molecule has 0 atom stereocenters. The minimum atomic E-state index is -4.38. The summed E-state index contributed by atoms with van der Waals surface area (Å²) in [6.07, 6.45) is 5.93. The largest absolute Gasteiger partial charge is 0.482 e. The van der Waals surface area contributed by atoms with E-state index >= 15 is 8.78 Å². The lowest BCUT2D eigenvalue weighted by Crippen LogP contribution is -2.55. The number of hydrogen-bond acceptors (Lipinski definition) is 9. The Labute approximate surface area is 308 Å². The summed E-state index contributed by atoms with van der Waals surface area (Å²) < 4.78 is 65.2. The van der Waals surface area contributed by atoms with Crippen LogP contribution in [0.15, 0.2) is 46.3 Å². The maximum atomic E-state index is 15.6. The number of sulfone groups is 1. The lowest BCUT2D eigenvalue weighted by Gasteiger charge is -2.46. The summed E-state index contributed by atoms with van der Waals surface area (Å²) in [6.45, 7) is 20.7. The second-order valence-corrected chi connectivity index (χ2v) is 19.1. The Bertz CT molecular complexity index is 1790. The van der Waals surface area contributed by atoms with Gasteiger partial charge in [-0.1, -0.05) is 32.4 Å². The van der Waals surface area contributed by atoms with E-state index in [0.717, 1.165) is 81.7 Å². The fraction of sp³-hybridized carbons (Fsp3) is 0.615. The first kappa shape index (κ1) is 38.2. The quantitative estimate of drug-likeness (QED) is 0.223. The Morgan fingerprint density at radius 1 is 0.863 bits per heavy atom. The summed E-state index contributed by atoms with van der Waals surface area (Å²) in [6, 6.07) is 8.61. The molecule has 0 amide bonds. The molecule has 0 unspecified atom stereocenters. The lowest BCUT2D eigenvalue weighted by molar-refractivity contribution is 0.0449. The van der Waals surface area contributed by atoms with Gasteiger partial charge in [0.2, 0.25) is 9.84 Å². The topological polar surface area (TPSA) is 69.2 Å². The van der Waals surface area contributed by atoms with Gasteiger partial charge in [0.15, 0.2) is 17.4 Å². The Hall–Kier alpha value is -2.51. The molecule has 6 rings (SSSR count). The summed E-state index contributed by atoms with van der Waals surface area (Å²) >= 11 is 4.54. The van der Waals surface area contributed by atoms with Crippen molar-refractivity contribution in [3.63, 3.8) is 0 Å². The number of rotatable bonds is 10. The van der Waals surface area contributed by atoms with Gasteiger partial charge in [-0.3, -0.25) is 9.88 Å². The summed E-state index contributed by atoms with van der Waals surface area (Å²) in [5.74, 6) is -2.75. The van der Waals surface area contributed by atoms with Crippen LogP contribution in [0.1, 0.15) is 72.3 Å². The molecule has 0 spiro atoms. The fourth-order valence-electron chi connectivity index (χ4n) is 8.58. The van der Waals surface area contributed by atoms with Crippen molar-refractivity contribution >= 4 is 39.1 Å². The number of fused-ring (bicyclic) bond motifs is 1. The third-order valence-corrected chi connectivity index (χ3v) is 12.8. The van der Waals surface area contributed by atoms with E-state index in [9.17, 15) is 8.42 Å². The molecule has 4 heterocycles. The van der Waals surface area contributed by atoms with Gasteiger partial charge in [-0.2, -0.15) is 12.6 Å². The van der Waals surface area contributed by atoms with E-state index in [1.165, 1.54) is 19.0 Å². The summed E-state index contributed by atoms with van der Waals surface area (Å²) in [7, 11) is -4.38. The number of pyridine rings is 1. The van der Waals surface area contributed by atoms with Crippen LogP contribution in [-0.4, -0.2) is 109 Å². The second-order valence-electron chi connectivity index (χ2n) is 16.0. The lowest BCUT2D eigenvalue weighted by atomic mass is 9.95. The number of benzene rings is 2. The minimum Gasteiger partial charge on any atom is -0.482 e. The van der Waals surface area contributed by atoms with Gasteiger partial charge in [0.1, 0.15) is 10.5 Å².